The average molecular weight is 1960 g/mol. The summed E-state index contributed by atoms with van der Waals surface area (Å²) in [5.74, 6) is -1.33. The Morgan fingerprint density at radius 1 is 0.374 bits per heavy atom. The number of carboxylic acids is 2. The summed E-state index contributed by atoms with van der Waals surface area (Å²) >= 11 is 37.0. The summed E-state index contributed by atoms with van der Waals surface area (Å²) in [5.41, 5.74) is 6.85. The minimum atomic E-state index is -1.28. The van der Waals surface area contributed by atoms with Crippen LogP contribution in [0.5, 0.6) is 0 Å². The maximum absolute atomic E-state index is 13.3. The van der Waals surface area contributed by atoms with E-state index in [1.807, 2.05) is 164 Å². The van der Waals surface area contributed by atoms with Crippen LogP contribution < -0.4 is 119 Å². The number of fused-ring (bicyclic) bond motifs is 8. The number of carbonyl (C=O) groups is 4. The molecule has 0 fully saturated rings. The summed E-state index contributed by atoms with van der Waals surface area (Å²) in [6.07, 6.45) is 8.55. The van der Waals surface area contributed by atoms with Crippen LogP contribution in [0.25, 0.3) is 87.7 Å². The maximum atomic E-state index is 13.3. The normalized spacial score (nSPS) is 10.5. The van der Waals surface area contributed by atoms with Gasteiger partial charge in [-0.3, -0.25) is 33.6 Å². The largest absolute Gasteiger partial charge is 1.00 e. The first-order valence-corrected chi connectivity index (χ1v) is 45.6. The van der Waals surface area contributed by atoms with Gasteiger partial charge in [0, 0.05) is 59.8 Å². The van der Waals surface area contributed by atoms with E-state index in [2.05, 4.69) is 41.2 Å². The molecule has 0 atom stereocenters. The van der Waals surface area contributed by atoms with Gasteiger partial charge in [0.15, 0.2) is 21.7 Å². The van der Waals surface area contributed by atoms with Crippen molar-refractivity contribution >= 4 is 251 Å². The Morgan fingerprint density at radius 2 is 0.626 bits per heavy atom. The number of esters is 2. The molecular formula is C93H85Cl5LiN11Na2O15S4. The molecule has 0 saturated carbocycles. The Bertz CT molecular complexity index is 6890. The first-order chi connectivity index (χ1) is 60.2. The van der Waals surface area contributed by atoms with E-state index in [-0.39, 0.29) is 160 Å². The zero-order chi connectivity index (χ0) is 89.6. The SMILES string of the molecule is CCOC(=O)Cn1c2nc(Cl)ccc2c(=O)c2ccc(Cl)c(SC)c21.CCOC(=O)Cn1c2nc(N(C)c3ccccc3)ccc2c(=O)c2ccc(Cl)c(SC)c21.CCc1ccccc1.CSc1c(Cl)ccc2c(=O)c3ccc(N(C)c4ccccc4)nc3n(CC(=O)O)c12.CSc1c(Cl)ccc2c(=O)c3ccc(N(C)c4ccccc4)nc3n(CC(=O)[O-])c12.O.[Li+].[Na+].[Na+].[OH-].[OH-]. The van der Waals surface area contributed by atoms with Crippen molar-refractivity contribution in [2.24, 2.45) is 0 Å². The number of nitrogens with zero attached hydrogens (tertiary/aromatic N) is 11. The molecule has 0 radical (unpaired) electrons. The fourth-order valence-corrected chi connectivity index (χ4v) is 18.6. The van der Waals surface area contributed by atoms with E-state index >= 15 is 0 Å². The van der Waals surface area contributed by atoms with Crippen LogP contribution in [0.2, 0.25) is 25.2 Å². The van der Waals surface area contributed by atoms with Gasteiger partial charge in [0.2, 0.25) is 0 Å². The number of benzene rings is 8. The quantitative estimate of drug-likeness (QED) is 0.0230. The second-order valence-corrected chi connectivity index (χ2v) is 32.9. The maximum Gasteiger partial charge on any atom is 1.00 e. The predicted octanol–water partition coefficient (Wildman–Crippen LogP) is 9.70. The molecule has 664 valence electrons. The van der Waals surface area contributed by atoms with Crippen LogP contribution >= 0.6 is 105 Å². The molecule has 0 amide bonds. The molecule has 0 aliphatic carbocycles. The molecule has 0 saturated heterocycles. The van der Waals surface area contributed by atoms with Crippen molar-refractivity contribution in [1.82, 2.24) is 38.2 Å². The van der Waals surface area contributed by atoms with Gasteiger partial charge >= 0.3 is 95.9 Å². The summed E-state index contributed by atoms with van der Waals surface area (Å²) in [7, 11) is 5.63. The molecule has 0 unspecified atom stereocenters. The first-order valence-electron chi connectivity index (χ1n) is 38.8. The van der Waals surface area contributed by atoms with Crippen LogP contribution in [0, 0.1) is 0 Å². The smallest absolute Gasteiger partial charge is 0.870 e. The number of aliphatic carboxylic acids is 2. The molecule has 26 nitrogen and oxygen atoms in total. The summed E-state index contributed by atoms with van der Waals surface area (Å²) in [4.78, 5) is 127. The molecule has 0 aliphatic rings. The molecule has 131 heavy (non-hydrogen) atoms. The van der Waals surface area contributed by atoms with E-state index in [4.69, 9.17) is 77.4 Å². The van der Waals surface area contributed by atoms with Gasteiger partial charge in [-0.25, -0.2) is 19.9 Å². The third kappa shape index (κ3) is 24.7. The van der Waals surface area contributed by atoms with Crippen molar-refractivity contribution in [3.05, 3.63) is 290 Å². The van der Waals surface area contributed by atoms with Gasteiger partial charge in [-0.1, -0.05) is 150 Å². The second-order valence-electron chi connectivity index (χ2n) is 27.6. The number of carbonyl (C=O) groups excluding carboxylic acids is 3. The van der Waals surface area contributed by atoms with Crippen LogP contribution in [-0.4, -0.2) is 143 Å². The molecule has 0 spiro atoms. The Labute approximate surface area is 851 Å². The average Bonchev–Trinajstić information content (AvgIpc) is 0.724. The zero-order valence-corrected chi connectivity index (χ0v) is 84.6. The van der Waals surface area contributed by atoms with Gasteiger partial charge in [-0.2, -0.15) is 0 Å². The van der Waals surface area contributed by atoms with Crippen LogP contribution in [0.4, 0.5) is 34.5 Å². The Hall–Kier alpha value is -9.15. The molecule has 16 aromatic rings. The molecule has 8 heterocycles. The van der Waals surface area contributed by atoms with Crippen molar-refractivity contribution in [1.29, 1.82) is 0 Å². The molecular weight excluding hydrogens is 1870 g/mol. The van der Waals surface area contributed by atoms with Crippen LogP contribution in [0.1, 0.15) is 26.3 Å². The number of thioether (sulfide) groups is 4. The number of pyridine rings is 8. The van der Waals surface area contributed by atoms with Crippen molar-refractivity contribution < 1.29 is 133 Å². The Morgan fingerprint density at radius 3 is 0.878 bits per heavy atom. The van der Waals surface area contributed by atoms with Crippen molar-refractivity contribution in [3.63, 3.8) is 0 Å². The fourth-order valence-electron chi connectivity index (χ4n) is 14.2. The van der Waals surface area contributed by atoms with Crippen molar-refractivity contribution in [2.75, 3.05) is 74.1 Å². The van der Waals surface area contributed by atoms with Gasteiger partial charge < -0.3 is 73.9 Å². The van der Waals surface area contributed by atoms with Crippen LogP contribution in [0.3, 0.4) is 0 Å². The summed E-state index contributed by atoms with van der Waals surface area (Å²) in [5, 5.41) is 26.6. The third-order valence-corrected chi connectivity index (χ3v) is 25.3. The third-order valence-electron chi connectivity index (χ3n) is 20.1. The Balaban J connectivity index is 0.000000258. The van der Waals surface area contributed by atoms with E-state index in [0.717, 1.165) is 28.4 Å². The predicted molar refractivity (Wildman–Crippen MR) is 519 cm³/mol. The van der Waals surface area contributed by atoms with E-state index in [1.165, 1.54) is 57.2 Å². The molecule has 8 aromatic heterocycles. The van der Waals surface area contributed by atoms with E-state index in [9.17, 15) is 48.6 Å². The molecule has 16 rings (SSSR count). The summed E-state index contributed by atoms with van der Waals surface area (Å²) < 4.78 is 16.7. The topological polar surface area (TPSA) is 371 Å². The van der Waals surface area contributed by atoms with E-state index in [0.29, 0.717) is 134 Å². The molecule has 0 aliphatic heterocycles. The monoisotopic (exact) mass is 1950 g/mol. The first kappa shape index (κ1) is 111. The van der Waals surface area contributed by atoms with Crippen LogP contribution in [0.15, 0.2) is 257 Å². The zero-order valence-electron chi connectivity index (χ0n) is 73.5. The molecule has 5 N–H and O–H groups in total. The minimum absolute atomic E-state index is 0. The number of anilines is 6. The fraction of sp³-hybridized carbons (Fsp3) is 0.183. The minimum Gasteiger partial charge on any atom is -0.870 e. The number of hydrogen-bond acceptors (Lipinski definition) is 24. The van der Waals surface area contributed by atoms with Gasteiger partial charge in [0.1, 0.15) is 64.8 Å². The second kappa shape index (κ2) is 50.8. The molecule has 8 aromatic carbocycles. The summed E-state index contributed by atoms with van der Waals surface area (Å²) in [6, 6.07) is 66.5. The standard InChI is InChI=1S/C24H22ClN3O3S.2C22H18ClN3O3S.C17H14Cl2N2O3S.C8H10.Li.2Na.3H2O/c1-4-31-20(29)14-28-21-16(10-12-18(25)23(21)32-3)22(30)17-11-13-19(26-24(17)28)27(2)15-8-6-5-7-9-15;2*1-25(13-6-4-3-5-7-13)17-11-9-15-20(29)14-8-10-16(23)21(30-2)19(14)26(12-18(27)28)22(15)24-17;1-3-24-13(22)8-21-14-9(4-6-11(18)16(14)25-2)15(23)10-5-7-12(19)20-17(10)21;1-2-8-6-4-3-5-7-8;;;;;;/h5-13H,4,14H2,1-3H3;2*3-11H,12H2,1-2H3,(H,27,28);4-7H,3,8H2,1-2H3;3-7H,2H2,1H3;;;;3*1H2/q;;;;;3*+1;;;/p-3. The van der Waals surface area contributed by atoms with E-state index < -0.39 is 30.4 Å². The number of rotatable bonds is 21. The number of hydrogen-bond donors (Lipinski definition) is 1. The van der Waals surface area contributed by atoms with Crippen molar-refractivity contribution in [3.8, 4) is 0 Å². The number of carboxylic acid groups (broad SMARTS) is 2. The number of aromatic nitrogens is 8. The number of aryl methyl sites for hydroxylation is 1. The number of para-hydroxylation sites is 3. The van der Waals surface area contributed by atoms with E-state index in [1.54, 1.807) is 119 Å². The number of ether oxygens (including phenoxy) is 2. The van der Waals surface area contributed by atoms with Gasteiger partial charge in [0.25, 0.3) is 0 Å². The molecule has 38 heteroatoms. The van der Waals surface area contributed by atoms with Gasteiger partial charge in [0.05, 0.1) is 109 Å². The van der Waals surface area contributed by atoms with Gasteiger partial charge in [-0.15, -0.1) is 47.0 Å². The van der Waals surface area contributed by atoms with Gasteiger partial charge in [-0.05, 0) is 184 Å². The molecule has 0 bridgehead atoms. The van der Waals surface area contributed by atoms with Crippen LogP contribution in [-0.2, 0) is 61.3 Å². The Kier molecular flexibility index (Phi) is 42.9. The summed E-state index contributed by atoms with van der Waals surface area (Å²) in [6.45, 7) is 5.21. The number of halogens is 5. The van der Waals surface area contributed by atoms with Crippen molar-refractivity contribution in [2.45, 2.75) is 73.0 Å².